The summed E-state index contributed by atoms with van der Waals surface area (Å²) in [7, 11) is 0. The first-order chi connectivity index (χ1) is 6.86. The summed E-state index contributed by atoms with van der Waals surface area (Å²) >= 11 is 1.76. The molecule has 1 heterocycles. The van der Waals surface area contributed by atoms with Crippen molar-refractivity contribution in [3.05, 3.63) is 18.6 Å². The molecule has 1 aromatic heterocycles. The number of rotatable bonds is 6. The summed E-state index contributed by atoms with van der Waals surface area (Å²) in [5.41, 5.74) is 0. The van der Waals surface area contributed by atoms with Crippen molar-refractivity contribution in [2.75, 3.05) is 12.3 Å². The molecule has 0 aliphatic carbocycles. The molecule has 0 amide bonds. The van der Waals surface area contributed by atoms with Gasteiger partial charge in [0.1, 0.15) is 5.03 Å². The minimum absolute atomic E-state index is 0.576. The van der Waals surface area contributed by atoms with Crippen molar-refractivity contribution in [3.8, 4) is 0 Å². The third-order valence-corrected chi connectivity index (χ3v) is 3.03. The standard InChI is InChI=1S/C10H17N3S/c1-3-9(12-4-2)8-14-10-7-11-5-6-13-10/h5-7,9,12H,3-4,8H2,1-2H3. The summed E-state index contributed by atoms with van der Waals surface area (Å²) < 4.78 is 0. The molecule has 1 N–H and O–H groups in total. The molecule has 0 saturated heterocycles. The highest BCUT2D eigenvalue weighted by molar-refractivity contribution is 7.99. The average molecular weight is 211 g/mol. The fourth-order valence-electron chi connectivity index (χ4n) is 1.16. The van der Waals surface area contributed by atoms with Crippen molar-refractivity contribution >= 4 is 11.8 Å². The van der Waals surface area contributed by atoms with Gasteiger partial charge >= 0.3 is 0 Å². The number of hydrogen-bond donors (Lipinski definition) is 1. The minimum Gasteiger partial charge on any atom is -0.313 e. The first-order valence-electron chi connectivity index (χ1n) is 4.99. The largest absolute Gasteiger partial charge is 0.313 e. The van der Waals surface area contributed by atoms with Gasteiger partial charge in [0.2, 0.25) is 0 Å². The highest BCUT2D eigenvalue weighted by atomic mass is 32.2. The van der Waals surface area contributed by atoms with Crippen molar-refractivity contribution < 1.29 is 0 Å². The molecule has 4 heteroatoms. The molecule has 1 rings (SSSR count). The Morgan fingerprint density at radius 1 is 1.43 bits per heavy atom. The van der Waals surface area contributed by atoms with Crippen LogP contribution in [0, 0.1) is 0 Å². The molecule has 0 fully saturated rings. The molecule has 0 radical (unpaired) electrons. The maximum Gasteiger partial charge on any atom is 0.114 e. The summed E-state index contributed by atoms with van der Waals surface area (Å²) in [6, 6.07) is 0.576. The van der Waals surface area contributed by atoms with Crippen LogP contribution in [-0.2, 0) is 0 Å². The van der Waals surface area contributed by atoms with Gasteiger partial charge in [0, 0.05) is 24.2 Å². The highest BCUT2D eigenvalue weighted by Gasteiger charge is 2.05. The molecule has 0 aliphatic rings. The second-order valence-electron chi connectivity index (χ2n) is 3.02. The van der Waals surface area contributed by atoms with Gasteiger partial charge in [0.05, 0.1) is 6.20 Å². The molecule has 3 nitrogen and oxygen atoms in total. The number of aromatic nitrogens is 2. The zero-order chi connectivity index (χ0) is 10.2. The van der Waals surface area contributed by atoms with Gasteiger partial charge in [-0.15, -0.1) is 11.8 Å². The predicted molar refractivity (Wildman–Crippen MR) is 60.5 cm³/mol. The zero-order valence-corrected chi connectivity index (χ0v) is 9.55. The maximum atomic E-state index is 4.22. The van der Waals surface area contributed by atoms with Crippen molar-refractivity contribution in [2.45, 2.75) is 31.3 Å². The van der Waals surface area contributed by atoms with Crippen LogP contribution in [0.5, 0.6) is 0 Å². The molecular formula is C10H17N3S. The van der Waals surface area contributed by atoms with E-state index < -0.39 is 0 Å². The van der Waals surface area contributed by atoms with E-state index in [1.807, 2.05) is 6.20 Å². The molecule has 1 unspecified atom stereocenters. The monoisotopic (exact) mass is 211 g/mol. The molecule has 0 aromatic carbocycles. The molecule has 78 valence electrons. The molecule has 0 saturated carbocycles. The van der Waals surface area contributed by atoms with Gasteiger partial charge in [-0.3, -0.25) is 4.98 Å². The zero-order valence-electron chi connectivity index (χ0n) is 8.73. The molecule has 0 bridgehead atoms. The lowest BCUT2D eigenvalue weighted by atomic mass is 10.2. The van der Waals surface area contributed by atoms with Crippen LogP contribution in [0.2, 0.25) is 0 Å². The van der Waals surface area contributed by atoms with Crippen LogP contribution in [-0.4, -0.2) is 28.3 Å². The number of thioether (sulfide) groups is 1. The normalized spacial score (nSPS) is 12.7. The van der Waals surface area contributed by atoms with Gasteiger partial charge in [-0.05, 0) is 13.0 Å². The Balaban J connectivity index is 2.32. The van der Waals surface area contributed by atoms with Crippen LogP contribution in [0.25, 0.3) is 0 Å². The molecule has 0 spiro atoms. The average Bonchev–Trinajstić information content (AvgIpc) is 2.25. The van der Waals surface area contributed by atoms with Crippen LogP contribution in [0.15, 0.2) is 23.6 Å². The van der Waals surface area contributed by atoms with Gasteiger partial charge in [0.15, 0.2) is 0 Å². The fourth-order valence-corrected chi connectivity index (χ4v) is 2.15. The molecular weight excluding hydrogens is 194 g/mol. The van der Waals surface area contributed by atoms with E-state index in [0.717, 1.165) is 23.7 Å². The molecule has 1 aromatic rings. The fraction of sp³-hybridized carbons (Fsp3) is 0.600. The summed E-state index contributed by atoms with van der Waals surface area (Å²) in [6.45, 7) is 5.36. The van der Waals surface area contributed by atoms with Gasteiger partial charge in [0.25, 0.3) is 0 Å². The SMILES string of the molecule is CCNC(CC)CSc1cnccn1. The summed E-state index contributed by atoms with van der Waals surface area (Å²) in [5, 5.41) is 4.44. The summed E-state index contributed by atoms with van der Waals surface area (Å²) in [4.78, 5) is 8.25. The van der Waals surface area contributed by atoms with Crippen molar-refractivity contribution in [1.29, 1.82) is 0 Å². The van der Waals surface area contributed by atoms with Crippen LogP contribution >= 0.6 is 11.8 Å². The second-order valence-corrected chi connectivity index (χ2v) is 4.06. The molecule has 1 atom stereocenters. The van der Waals surface area contributed by atoms with Crippen molar-refractivity contribution in [3.63, 3.8) is 0 Å². The van der Waals surface area contributed by atoms with Gasteiger partial charge in [-0.2, -0.15) is 0 Å². The van der Waals surface area contributed by atoms with E-state index in [9.17, 15) is 0 Å². The molecule has 0 aliphatic heterocycles. The Morgan fingerprint density at radius 3 is 2.86 bits per heavy atom. The van der Waals surface area contributed by atoms with Gasteiger partial charge in [-0.1, -0.05) is 13.8 Å². The van der Waals surface area contributed by atoms with E-state index >= 15 is 0 Å². The maximum absolute atomic E-state index is 4.22. The van der Waals surface area contributed by atoms with Gasteiger partial charge in [-0.25, -0.2) is 4.98 Å². The van der Waals surface area contributed by atoms with Gasteiger partial charge < -0.3 is 5.32 Å². The number of nitrogens with one attached hydrogen (secondary N) is 1. The van der Waals surface area contributed by atoms with Crippen molar-refractivity contribution in [1.82, 2.24) is 15.3 Å². The van der Waals surface area contributed by atoms with Crippen LogP contribution < -0.4 is 5.32 Å². The highest BCUT2D eigenvalue weighted by Crippen LogP contribution is 2.14. The van der Waals surface area contributed by atoms with Crippen molar-refractivity contribution in [2.24, 2.45) is 0 Å². The Bertz CT molecular complexity index is 240. The summed E-state index contributed by atoms with van der Waals surface area (Å²) in [5.74, 6) is 1.06. The molecule has 14 heavy (non-hydrogen) atoms. The Labute approximate surface area is 89.7 Å². The van der Waals surface area contributed by atoms with E-state index in [-0.39, 0.29) is 0 Å². The third kappa shape index (κ3) is 4.07. The topological polar surface area (TPSA) is 37.8 Å². The quantitative estimate of drug-likeness (QED) is 0.730. The first kappa shape index (κ1) is 11.5. The lowest BCUT2D eigenvalue weighted by Gasteiger charge is -2.14. The van der Waals surface area contributed by atoms with Crippen LogP contribution in [0.4, 0.5) is 0 Å². The second kappa shape index (κ2) is 6.79. The van der Waals surface area contributed by atoms with Crippen LogP contribution in [0.3, 0.4) is 0 Å². The minimum atomic E-state index is 0.576. The summed E-state index contributed by atoms with van der Waals surface area (Å²) in [6.07, 6.45) is 6.40. The lowest BCUT2D eigenvalue weighted by Crippen LogP contribution is -2.30. The first-order valence-corrected chi connectivity index (χ1v) is 5.97. The van der Waals surface area contributed by atoms with E-state index in [1.165, 1.54) is 0 Å². The number of hydrogen-bond acceptors (Lipinski definition) is 4. The van der Waals surface area contributed by atoms with Crippen LogP contribution in [0.1, 0.15) is 20.3 Å². The van der Waals surface area contributed by atoms with E-state index in [2.05, 4.69) is 29.1 Å². The Kier molecular flexibility index (Phi) is 5.56. The predicted octanol–water partition coefficient (Wildman–Crippen LogP) is 1.96. The van der Waals surface area contributed by atoms with E-state index in [4.69, 9.17) is 0 Å². The smallest absolute Gasteiger partial charge is 0.114 e. The Morgan fingerprint density at radius 2 is 2.29 bits per heavy atom. The number of nitrogens with zero attached hydrogens (tertiary/aromatic N) is 2. The Hall–Kier alpha value is -0.610. The van der Waals surface area contributed by atoms with E-state index in [0.29, 0.717) is 6.04 Å². The lowest BCUT2D eigenvalue weighted by molar-refractivity contribution is 0.560. The van der Waals surface area contributed by atoms with E-state index in [1.54, 1.807) is 24.2 Å². The third-order valence-electron chi connectivity index (χ3n) is 1.96.